The third-order valence-corrected chi connectivity index (χ3v) is 7.80. The topological polar surface area (TPSA) is 38.7 Å². The summed E-state index contributed by atoms with van der Waals surface area (Å²) in [5.74, 6) is 2.99. The largest absolute Gasteiger partial charge is 0.395 e. The predicted octanol–water partition coefficient (Wildman–Crippen LogP) is 2.08. The lowest BCUT2D eigenvalue weighted by atomic mass is 9.48. The molecule has 2 N–H and O–H groups in total. The fourth-order valence-corrected chi connectivity index (χ4v) is 6.81. The first-order valence-electron chi connectivity index (χ1n) is 9.96. The van der Waals surface area contributed by atoms with Gasteiger partial charge in [-0.25, -0.2) is 0 Å². The summed E-state index contributed by atoms with van der Waals surface area (Å²) in [7, 11) is 0. The molecule has 1 atom stereocenters. The smallest absolute Gasteiger partial charge is 0.169 e. The van der Waals surface area contributed by atoms with Crippen LogP contribution in [0.15, 0.2) is 0 Å². The molecule has 4 aliphatic carbocycles. The van der Waals surface area contributed by atoms with Crippen LogP contribution in [0.4, 0.5) is 0 Å². The molecule has 0 aromatic heterocycles. The highest BCUT2D eigenvalue weighted by molar-refractivity contribution is 7.80. The van der Waals surface area contributed by atoms with Gasteiger partial charge >= 0.3 is 0 Å². The molecular formula is C19H33N3OS. The Labute approximate surface area is 152 Å². The number of β-amino-alcohol motifs (C(OH)–C–C–N with tert-alkyl or cyclic N) is 1. The van der Waals surface area contributed by atoms with Crippen LogP contribution in [0.1, 0.15) is 45.4 Å². The molecule has 5 aliphatic rings. The molecule has 1 aliphatic heterocycles. The van der Waals surface area contributed by atoms with Gasteiger partial charge in [0.1, 0.15) is 0 Å². The molecule has 24 heavy (non-hydrogen) atoms. The van der Waals surface area contributed by atoms with Crippen molar-refractivity contribution in [3.05, 3.63) is 0 Å². The van der Waals surface area contributed by atoms with E-state index in [1.807, 2.05) is 0 Å². The predicted molar refractivity (Wildman–Crippen MR) is 101 cm³/mol. The summed E-state index contributed by atoms with van der Waals surface area (Å²) >= 11 is 5.76. The van der Waals surface area contributed by atoms with Crippen LogP contribution in [0.5, 0.6) is 0 Å². The number of aliphatic hydroxyl groups is 1. The lowest BCUT2D eigenvalue weighted by Crippen LogP contribution is -2.59. The number of nitrogens with one attached hydrogen (secondary N) is 1. The second kappa shape index (κ2) is 6.73. The van der Waals surface area contributed by atoms with Crippen LogP contribution in [0.3, 0.4) is 0 Å². The van der Waals surface area contributed by atoms with Crippen molar-refractivity contribution in [2.75, 3.05) is 39.3 Å². The second-order valence-electron chi connectivity index (χ2n) is 9.00. The van der Waals surface area contributed by atoms with Crippen molar-refractivity contribution < 1.29 is 5.11 Å². The van der Waals surface area contributed by atoms with E-state index >= 15 is 0 Å². The first-order valence-corrected chi connectivity index (χ1v) is 10.4. The summed E-state index contributed by atoms with van der Waals surface area (Å²) in [6.45, 7) is 7.42. The summed E-state index contributed by atoms with van der Waals surface area (Å²) in [5.41, 5.74) is 0.511. The summed E-state index contributed by atoms with van der Waals surface area (Å²) < 4.78 is 0. The van der Waals surface area contributed by atoms with E-state index in [-0.39, 0.29) is 6.61 Å². The van der Waals surface area contributed by atoms with E-state index in [0.29, 0.717) is 11.5 Å². The molecule has 5 fully saturated rings. The van der Waals surface area contributed by atoms with Gasteiger partial charge in [-0.1, -0.05) is 0 Å². The minimum Gasteiger partial charge on any atom is -0.395 e. The maximum Gasteiger partial charge on any atom is 0.169 e. The van der Waals surface area contributed by atoms with Gasteiger partial charge in [-0.15, -0.1) is 0 Å². The van der Waals surface area contributed by atoms with E-state index in [4.69, 9.17) is 17.3 Å². The Morgan fingerprint density at radius 2 is 1.62 bits per heavy atom. The lowest BCUT2D eigenvalue weighted by Gasteiger charge is -2.59. The van der Waals surface area contributed by atoms with Gasteiger partial charge in [0.2, 0.25) is 0 Å². The molecule has 0 aromatic carbocycles. The molecular weight excluding hydrogens is 318 g/mol. The van der Waals surface area contributed by atoms with E-state index in [1.165, 1.54) is 38.5 Å². The number of hydrogen-bond donors (Lipinski definition) is 2. The minimum absolute atomic E-state index is 0.256. The molecule has 4 bridgehead atoms. The molecule has 5 rings (SSSR count). The minimum atomic E-state index is 0.256. The van der Waals surface area contributed by atoms with Gasteiger partial charge in [-0.05, 0) is 80.8 Å². The number of piperazine rings is 1. The lowest BCUT2D eigenvalue weighted by molar-refractivity contribution is -0.0676. The Hall–Kier alpha value is -0.390. The molecule has 0 radical (unpaired) electrons. The molecule has 4 nitrogen and oxygen atoms in total. The average molecular weight is 352 g/mol. The highest BCUT2D eigenvalue weighted by Gasteiger charge is 2.53. The second-order valence-corrected chi connectivity index (χ2v) is 9.39. The highest BCUT2D eigenvalue weighted by atomic mass is 32.1. The highest BCUT2D eigenvalue weighted by Crippen LogP contribution is 2.61. The Balaban J connectivity index is 1.33. The number of hydrogen-bond acceptors (Lipinski definition) is 3. The van der Waals surface area contributed by atoms with Crippen molar-refractivity contribution in [2.45, 2.75) is 51.5 Å². The average Bonchev–Trinajstić information content (AvgIpc) is 2.54. The summed E-state index contributed by atoms with van der Waals surface area (Å²) in [6, 6.07) is 0.508. The van der Waals surface area contributed by atoms with E-state index in [9.17, 15) is 0 Å². The first kappa shape index (κ1) is 17.0. The zero-order valence-corrected chi connectivity index (χ0v) is 15.9. The van der Waals surface area contributed by atoms with Gasteiger partial charge in [-0.3, -0.25) is 4.90 Å². The van der Waals surface area contributed by atoms with Crippen LogP contribution in [0.25, 0.3) is 0 Å². The molecule has 0 unspecified atom stereocenters. The normalized spacial score (nSPS) is 39.9. The standard InChI is InChI=1S/C19H33N3OS/c1-14(19-11-15-8-16(12-19)10-17(9-15)13-19)20-18(24)22-4-2-21(3-5-22)6-7-23/h14-17,23H,2-13H2,1H3,(H,20,24)/t14-,15?,16?,17?,19?/m0/s1. The molecule has 5 heteroatoms. The Morgan fingerprint density at radius 1 is 1.08 bits per heavy atom. The third kappa shape index (κ3) is 3.19. The quantitative estimate of drug-likeness (QED) is 0.759. The maximum atomic E-state index is 9.07. The Bertz CT molecular complexity index is 440. The zero-order chi connectivity index (χ0) is 16.7. The van der Waals surface area contributed by atoms with E-state index in [1.54, 1.807) is 0 Å². The molecule has 136 valence electrons. The summed E-state index contributed by atoms with van der Waals surface area (Å²) in [5, 5.41) is 13.8. The summed E-state index contributed by atoms with van der Waals surface area (Å²) in [4.78, 5) is 4.65. The molecule has 1 saturated heterocycles. The number of aliphatic hydroxyl groups excluding tert-OH is 1. The van der Waals surface area contributed by atoms with Crippen molar-refractivity contribution in [1.82, 2.24) is 15.1 Å². The molecule has 4 saturated carbocycles. The fraction of sp³-hybridized carbons (Fsp3) is 0.947. The molecule has 1 heterocycles. The third-order valence-electron chi connectivity index (χ3n) is 7.42. The van der Waals surface area contributed by atoms with E-state index < -0.39 is 0 Å². The number of rotatable bonds is 4. The fourth-order valence-electron chi connectivity index (χ4n) is 6.45. The van der Waals surface area contributed by atoms with Gasteiger partial charge < -0.3 is 15.3 Å². The van der Waals surface area contributed by atoms with Crippen molar-refractivity contribution in [3.63, 3.8) is 0 Å². The number of thiocarbonyl (C=S) groups is 1. The zero-order valence-electron chi connectivity index (χ0n) is 15.0. The monoisotopic (exact) mass is 351 g/mol. The Kier molecular flexibility index (Phi) is 4.78. The van der Waals surface area contributed by atoms with Crippen molar-refractivity contribution in [3.8, 4) is 0 Å². The van der Waals surface area contributed by atoms with Crippen LogP contribution < -0.4 is 5.32 Å². The molecule has 0 aromatic rings. The van der Waals surface area contributed by atoms with Crippen molar-refractivity contribution in [2.24, 2.45) is 23.2 Å². The van der Waals surface area contributed by atoms with Crippen LogP contribution in [0, 0.1) is 23.2 Å². The van der Waals surface area contributed by atoms with Crippen molar-refractivity contribution >= 4 is 17.3 Å². The first-order chi connectivity index (χ1) is 11.6. The maximum absolute atomic E-state index is 9.07. The van der Waals surface area contributed by atoms with Gasteiger partial charge in [0.05, 0.1) is 6.61 Å². The van der Waals surface area contributed by atoms with Crippen LogP contribution in [-0.4, -0.2) is 65.4 Å². The van der Waals surface area contributed by atoms with Gasteiger partial charge in [0.25, 0.3) is 0 Å². The van der Waals surface area contributed by atoms with Gasteiger partial charge in [0.15, 0.2) is 5.11 Å². The van der Waals surface area contributed by atoms with Gasteiger partial charge in [0, 0.05) is 38.8 Å². The molecule has 0 amide bonds. The number of nitrogens with zero attached hydrogens (tertiary/aromatic N) is 2. The molecule has 0 spiro atoms. The summed E-state index contributed by atoms with van der Waals surface area (Å²) in [6.07, 6.45) is 8.80. The van der Waals surface area contributed by atoms with E-state index in [0.717, 1.165) is 55.6 Å². The van der Waals surface area contributed by atoms with Crippen LogP contribution in [0.2, 0.25) is 0 Å². The van der Waals surface area contributed by atoms with Gasteiger partial charge in [-0.2, -0.15) is 0 Å². The van der Waals surface area contributed by atoms with E-state index in [2.05, 4.69) is 22.0 Å². The Morgan fingerprint density at radius 3 is 2.12 bits per heavy atom. The van der Waals surface area contributed by atoms with Crippen LogP contribution in [-0.2, 0) is 0 Å². The SMILES string of the molecule is C[C@H](NC(=S)N1CCN(CCO)CC1)C12CC3CC(CC(C3)C1)C2. The van der Waals surface area contributed by atoms with Crippen molar-refractivity contribution in [1.29, 1.82) is 0 Å². The van der Waals surface area contributed by atoms with Crippen LogP contribution >= 0.6 is 12.2 Å².